The van der Waals surface area contributed by atoms with Crippen LogP contribution in [0, 0.1) is 0 Å². The van der Waals surface area contributed by atoms with Crippen molar-refractivity contribution in [3.05, 3.63) is 78.6 Å². The quantitative estimate of drug-likeness (QED) is 0.494. The van der Waals surface area contributed by atoms with Crippen LogP contribution in [-0.2, 0) is 4.74 Å². The molecular weight excluding hydrogens is 418 g/mol. The van der Waals surface area contributed by atoms with Crippen molar-refractivity contribution < 1.29 is 19.4 Å². The van der Waals surface area contributed by atoms with Crippen molar-refractivity contribution in [1.82, 2.24) is 14.3 Å². The van der Waals surface area contributed by atoms with E-state index >= 15 is 0 Å². The second kappa shape index (κ2) is 9.44. The van der Waals surface area contributed by atoms with Gasteiger partial charge in [0.25, 0.3) is 5.91 Å². The second-order valence-electron chi connectivity index (χ2n) is 7.87. The van der Waals surface area contributed by atoms with Gasteiger partial charge < -0.3 is 19.5 Å². The van der Waals surface area contributed by atoms with Crippen molar-refractivity contribution in [1.29, 1.82) is 0 Å². The van der Waals surface area contributed by atoms with Crippen molar-refractivity contribution in [3.63, 3.8) is 0 Å². The lowest BCUT2D eigenvalue weighted by Gasteiger charge is -2.26. The Morgan fingerprint density at radius 2 is 1.70 bits per heavy atom. The van der Waals surface area contributed by atoms with E-state index in [2.05, 4.69) is 11.1 Å². The van der Waals surface area contributed by atoms with Crippen LogP contribution >= 0.6 is 0 Å². The van der Waals surface area contributed by atoms with E-state index in [1.807, 2.05) is 76.3 Å². The molecule has 168 valence electrons. The Kier molecular flexibility index (Phi) is 6.06. The zero-order valence-electron chi connectivity index (χ0n) is 18.2. The summed E-state index contributed by atoms with van der Waals surface area (Å²) in [6.45, 7) is 2.73. The van der Waals surface area contributed by atoms with E-state index in [0.29, 0.717) is 31.9 Å². The Labute approximate surface area is 191 Å². The molecule has 0 bridgehead atoms. The number of rotatable bonds is 6. The number of nitrogens with zero attached hydrogens (tertiary/aromatic N) is 3. The number of morpholine rings is 1. The van der Waals surface area contributed by atoms with Crippen LogP contribution in [-0.4, -0.2) is 64.8 Å². The zero-order valence-corrected chi connectivity index (χ0v) is 18.2. The van der Waals surface area contributed by atoms with E-state index in [1.54, 1.807) is 0 Å². The molecule has 2 aromatic carbocycles. The van der Waals surface area contributed by atoms with Gasteiger partial charge in [-0.1, -0.05) is 12.1 Å². The van der Waals surface area contributed by atoms with E-state index in [-0.39, 0.29) is 19.1 Å². The molecule has 1 amide bonds. The molecule has 0 unspecified atom stereocenters. The smallest absolute Gasteiger partial charge is 0.254 e. The molecule has 0 spiro atoms. The fourth-order valence-electron chi connectivity index (χ4n) is 4.01. The van der Waals surface area contributed by atoms with Crippen molar-refractivity contribution in [2.45, 2.75) is 0 Å². The maximum Gasteiger partial charge on any atom is 0.254 e. The number of pyridine rings is 1. The first-order valence-electron chi connectivity index (χ1n) is 11.0. The molecule has 1 fully saturated rings. The van der Waals surface area contributed by atoms with Crippen LogP contribution in [0.3, 0.4) is 0 Å². The second-order valence-corrected chi connectivity index (χ2v) is 7.87. The fourth-order valence-corrected chi connectivity index (χ4v) is 4.01. The average Bonchev–Trinajstić information content (AvgIpc) is 3.31. The zero-order chi connectivity index (χ0) is 22.6. The lowest BCUT2D eigenvalue weighted by molar-refractivity contribution is 0.0303. The summed E-state index contributed by atoms with van der Waals surface area (Å²) in [7, 11) is 0. The summed E-state index contributed by atoms with van der Waals surface area (Å²) in [6.07, 6.45) is 3.86. The lowest BCUT2D eigenvalue weighted by atomic mass is 10.0. The van der Waals surface area contributed by atoms with Gasteiger partial charge in [-0.25, -0.2) is 4.98 Å². The van der Waals surface area contributed by atoms with Crippen LogP contribution < -0.4 is 4.74 Å². The number of aromatic nitrogens is 2. The van der Waals surface area contributed by atoms with Gasteiger partial charge in [-0.05, 0) is 59.7 Å². The van der Waals surface area contributed by atoms with Gasteiger partial charge in [0.1, 0.15) is 18.0 Å². The highest BCUT2D eigenvalue weighted by Crippen LogP contribution is 2.27. The van der Waals surface area contributed by atoms with E-state index in [9.17, 15) is 4.79 Å². The first kappa shape index (κ1) is 21.2. The minimum Gasteiger partial charge on any atom is -0.491 e. The number of imidazole rings is 1. The largest absolute Gasteiger partial charge is 0.491 e. The minimum absolute atomic E-state index is 0.00967. The van der Waals surface area contributed by atoms with Crippen LogP contribution in [0.1, 0.15) is 10.4 Å². The molecule has 2 aromatic heterocycles. The van der Waals surface area contributed by atoms with Crippen LogP contribution in [0.5, 0.6) is 5.75 Å². The number of hydrogen-bond acceptors (Lipinski definition) is 5. The molecule has 1 N–H and O–H groups in total. The van der Waals surface area contributed by atoms with Gasteiger partial charge in [-0.2, -0.15) is 0 Å². The Morgan fingerprint density at radius 1 is 0.970 bits per heavy atom. The molecule has 1 aliphatic rings. The Balaban J connectivity index is 1.35. The standard InChI is InChI=1S/C26H25N3O4/c30-13-16-33-23-7-5-20(6-8-23)24-18-27-25-17-22(9-10-29(24)25)19-1-3-21(4-2-19)26(31)28-11-14-32-15-12-28/h1-10,17-18,30H,11-16H2. The lowest BCUT2D eigenvalue weighted by Crippen LogP contribution is -2.40. The van der Waals surface area contributed by atoms with Crippen molar-refractivity contribution in [2.24, 2.45) is 0 Å². The monoisotopic (exact) mass is 443 g/mol. The number of carbonyl (C=O) groups is 1. The van der Waals surface area contributed by atoms with E-state index in [4.69, 9.17) is 14.6 Å². The molecule has 5 rings (SSSR count). The predicted octanol–water partition coefficient (Wildman–Crippen LogP) is 3.51. The molecule has 1 saturated heterocycles. The number of aliphatic hydroxyl groups is 1. The third kappa shape index (κ3) is 4.46. The molecule has 0 saturated carbocycles. The number of fused-ring (bicyclic) bond motifs is 1. The summed E-state index contributed by atoms with van der Waals surface area (Å²) >= 11 is 0. The molecule has 0 radical (unpaired) electrons. The van der Waals surface area contributed by atoms with E-state index in [0.717, 1.165) is 33.8 Å². The van der Waals surface area contributed by atoms with Gasteiger partial charge in [0.15, 0.2) is 0 Å². The highest BCUT2D eigenvalue weighted by Gasteiger charge is 2.18. The van der Waals surface area contributed by atoms with Gasteiger partial charge in [-0.3, -0.25) is 9.20 Å². The van der Waals surface area contributed by atoms with Gasteiger partial charge in [0.2, 0.25) is 0 Å². The molecule has 33 heavy (non-hydrogen) atoms. The summed E-state index contributed by atoms with van der Waals surface area (Å²) in [5, 5.41) is 8.89. The summed E-state index contributed by atoms with van der Waals surface area (Å²) in [6, 6.07) is 19.6. The molecule has 1 aliphatic heterocycles. The van der Waals surface area contributed by atoms with Gasteiger partial charge in [-0.15, -0.1) is 0 Å². The molecule has 4 aromatic rings. The van der Waals surface area contributed by atoms with Crippen LogP contribution in [0.25, 0.3) is 28.0 Å². The number of ether oxygens (including phenoxy) is 2. The molecule has 0 aliphatic carbocycles. The van der Waals surface area contributed by atoms with E-state index < -0.39 is 0 Å². The molecule has 3 heterocycles. The number of amides is 1. The highest BCUT2D eigenvalue weighted by molar-refractivity contribution is 5.94. The third-order valence-electron chi connectivity index (χ3n) is 5.79. The summed E-state index contributed by atoms with van der Waals surface area (Å²) in [5.41, 5.74) is 5.62. The van der Waals surface area contributed by atoms with Gasteiger partial charge >= 0.3 is 0 Å². The molecule has 7 nitrogen and oxygen atoms in total. The normalized spacial score (nSPS) is 13.9. The first-order valence-corrected chi connectivity index (χ1v) is 11.0. The molecule has 0 atom stereocenters. The average molecular weight is 444 g/mol. The number of hydrogen-bond donors (Lipinski definition) is 1. The van der Waals surface area contributed by atoms with Crippen LogP contribution in [0.15, 0.2) is 73.1 Å². The predicted molar refractivity (Wildman–Crippen MR) is 125 cm³/mol. The van der Waals surface area contributed by atoms with Crippen molar-refractivity contribution in [3.8, 4) is 28.1 Å². The van der Waals surface area contributed by atoms with Crippen molar-refractivity contribution >= 4 is 11.6 Å². The van der Waals surface area contributed by atoms with Crippen LogP contribution in [0.4, 0.5) is 0 Å². The van der Waals surface area contributed by atoms with Crippen LogP contribution in [0.2, 0.25) is 0 Å². The Morgan fingerprint density at radius 3 is 2.42 bits per heavy atom. The fraction of sp³-hybridized carbons (Fsp3) is 0.231. The number of benzene rings is 2. The maximum absolute atomic E-state index is 12.7. The minimum atomic E-state index is -0.00967. The molecule has 7 heteroatoms. The number of aliphatic hydroxyl groups excluding tert-OH is 1. The summed E-state index contributed by atoms with van der Waals surface area (Å²) in [4.78, 5) is 19.1. The highest BCUT2D eigenvalue weighted by atomic mass is 16.5. The first-order chi connectivity index (χ1) is 16.2. The maximum atomic E-state index is 12.7. The SMILES string of the molecule is O=C(c1ccc(-c2ccn3c(-c4ccc(OCCO)cc4)cnc3c2)cc1)N1CCOCC1. The molecular formula is C26H25N3O4. The summed E-state index contributed by atoms with van der Waals surface area (Å²) in [5.74, 6) is 0.769. The summed E-state index contributed by atoms with van der Waals surface area (Å²) < 4.78 is 12.8. The van der Waals surface area contributed by atoms with Gasteiger partial charge in [0.05, 0.1) is 31.7 Å². The van der Waals surface area contributed by atoms with Crippen molar-refractivity contribution in [2.75, 3.05) is 39.5 Å². The third-order valence-corrected chi connectivity index (χ3v) is 5.79. The van der Waals surface area contributed by atoms with Gasteiger partial charge in [0, 0.05) is 30.4 Å². The topological polar surface area (TPSA) is 76.3 Å². The Bertz CT molecular complexity index is 1240. The number of carbonyl (C=O) groups excluding carboxylic acids is 1. The van der Waals surface area contributed by atoms with E-state index in [1.165, 1.54) is 0 Å². The Hall–Kier alpha value is -3.68.